The van der Waals surface area contributed by atoms with Crippen LogP contribution >= 0.6 is 0 Å². The molecule has 0 radical (unpaired) electrons. The lowest BCUT2D eigenvalue weighted by molar-refractivity contribution is -0.139. The van der Waals surface area contributed by atoms with Crippen molar-refractivity contribution in [3.05, 3.63) is 29.3 Å². The molecule has 0 aliphatic carbocycles. The minimum atomic E-state index is -0.776. The number of carboxylic acid groups (broad SMARTS) is 1. The summed E-state index contributed by atoms with van der Waals surface area (Å²) in [6.45, 7) is 7.32. The quantitative estimate of drug-likeness (QED) is 0.682. The first-order chi connectivity index (χ1) is 9.52. The average Bonchev–Trinajstić information content (AvgIpc) is 2.35. The fraction of sp³-hybridized carbons (Fsp3) is 0.562. The molecule has 1 unspecified atom stereocenters. The summed E-state index contributed by atoms with van der Waals surface area (Å²) >= 11 is 0. The monoisotopic (exact) mass is 279 g/mol. The number of rotatable bonds is 9. The molecule has 0 bridgehead atoms. The normalized spacial score (nSPS) is 12.2. The molecule has 0 saturated carbocycles. The predicted molar refractivity (Wildman–Crippen MR) is 80.4 cm³/mol. The molecule has 2 N–H and O–H groups in total. The van der Waals surface area contributed by atoms with E-state index < -0.39 is 12.0 Å². The lowest BCUT2D eigenvalue weighted by Gasteiger charge is -2.13. The maximum absolute atomic E-state index is 11.0. The van der Waals surface area contributed by atoms with E-state index in [1.54, 1.807) is 0 Å². The number of aryl methyl sites for hydroxylation is 2. The first kappa shape index (κ1) is 16.5. The Bertz CT molecular complexity index is 411. The van der Waals surface area contributed by atoms with Crippen molar-refractivity contribution in [1.82, 2.24) is 5.32 Å². The largest absolute Gasteiger partial charge is 0.494 e. The third-order valence-electron chi connectivity index (χ3n) is 3.05. The lowest BCUT2D eigenvalue weighted by atomic mass is 10.1. The number of hydrogen-bond donors (Lipinski definition) is 2. The first-order valence-corrected chi connectivity index (χ1v) is 7.20. The highest BCUT2D eigenvalue weighted by atomic mass is 16.5. The zero-order valence-electron chi connectivity index (χ0n) is 12.6. The number of aliphatic carboxylic acids is 1. The van der Waals surface area contributed by atoms with E-state index >= 15 is 0 Å². The predicted octanol–water partition coefficient (Wildman–Crippen LogP) is 2.92. The fourth-order valence-corrected chi connectivity index (χ4v) is 2.16. The van der Waals surface area contributed by atoms with E-state index in [4.69, 9.17) is 9.84 Å². The molecule has 0 heterocycles. The van der Waals surface area contributed by atoms with Crippen molar-refractivity contribution in [3.8, 4) is 5.75 Å². The van der Waals surface area contributed by atoms with Gasteiger partial charge in [0.05, 0.1) is 6.61 Å². The molecule has 0 spiro atoms. The van der Waals surface area contributed by atoms with E-state index in [0.29, 0.717) is 19.6 Å². The van der Waals surface area contributed by atoms with Crippen LogP contribution in [0.15, 0.2) is 18.2 Å². The molecule has 1 aromatic rings. The Morgan fingerprint density at radius 2 is 1.95 bits per heavy atom. The Balaban J connectivity index is 2.26. The van der Waals surface area contributed by atoms with Gasteiger partial charge in [0.15, 0.2) is 0 Å². The second-order valence-corrected chi connectivity index (χ2v) is 5.16. The van der Waals surface area contributed by atoms with Crippen molar-refractivity contribution in [3.63, 3.8) is 0 Å². The number of hydrogen-bond acceptors (Lipinski definition) is 3. The maximum Gasteiger partial charge on any atom is 0.320 e. The van der Waals surface area contributed by atoms with Crippen molar-refractivity contribution in [2.24, 2.45) is 0 Å². The molecular formula is C16H25NO3. The van der Waals surface area contributed by atoms with Gasteiger partial charge < -0.3 is 15.2 Å². The summed E-state index contributed by atoms with van der Waals surface area (Å²) in [6.07, 6.45) is 2.32. The van der Waals surface area contributed by atoms with E-state index in [1.807, 2.05) is 32.9 Å². The second kappa shape index (κ2) is 8.59. The Labute approximate surface area is 121 Å². The van der Waals surface area contributed by atoms with Crippen LogP contribution in [0.4, 0.5) is 0 Å². The third kappa shape index (κ3) is 6.06. The molecule has 0 aromatic heterocycles. The standard InChI is InChI=1S/C16H25NO3/c1-4-6-15(16(18)19)17-7-5-8-20-14-10-12(2)9-13(3)11-14/h9-11,15,17H,4-8H2,1-3H3,(H,18,19). The summed E-state index contributed by atoms with van der Waals surface area (Å²) in [5.41, 5.74) is 2.37. The van der Waals surface area contributed by atoms with Crippen LogP contribution in [0.2, 0.25) is 0 Å². The SMILES string of the molecule is CCCC(NCCCOc1cc(C)cc(C)c1)C(=O)O. The van der Waals surface area contributed by atoms with Crippen LogP contribution in [0, 0.1) is 13.8 Å². The molecule has 0 aliphatic heterocycles. The van der Waals surface area contributed by atoms with E-state index in [0.717, 1.165) is 18.6 Å². The molecule has 0 amide bonds. The second-order valence-electron chi connectivity index (χ2n) is 5.16. The molecule has 1 atom stereocenters. The number of benzene rings is 1. The Morgan fingerprint density at radius 3 is 2.50 bits per heavy atom. The minimum Gasteiger partial charge on any atom is -0.494 e. The highest BCUT2D eigenvalue weighted by molar-refractivity contribution is 5.73. The minimum absolute atomic E-state index is 0.443. The number of ether oxygens (including phenoxy) is 1. The first-order valence-electron chi connectivity index (χ1n) is 7.20. The van der Waals surface area contributed by atoms with Crippen molar-refractivity contribution in [1.29, 1.82) is 0 Å². The summed E-state index contributed by atoms with van der Waals surface area (Å²) in [6, 6.07) is 5.69. The molecule has 0 aliphatic rings. The van der Waals surface area contributed by atoms with Gasteiger partial charge in [0.2, 0.25) is 0 Å². The summed E-state index contributed by atoms with van der Waals surface area (Å²) < 4.78 is 5.68. The Hall–Kier alpha value is -1.55. The number of carboxylic acids is 1. The van der Waals surface area contributed by atoms with Gasteiger partial charge in [0.25, 0.3) is 0 Å². The Morgan fingerprint density at radius 1 is 1.30 bits per heavy atom. The van der Waals surface area contributed by atoms with E-state index in [2.05, 4.69) is 11.4 Å². The van der Waals surface area contributed by atoms with Gasteiger partial charge in [-0.15, -0.1) is 0 Å². The molecule has 1 rings (SSSR count). The zero-order valence-corrected chi connectivity index (χ0v) is 12.6. The number of carbonyl (C=O) groups is 1. The van der Waals surface area contributed by atoms with Gasteiger partial charge in [-0.2, -0.15) is 0 Å². The van der Waals surface area contributed by atoms with Gasteiger partial charge in [-0.3, -0.25) is 4.79 Å². The summed E-state index contributed by atoms with van der Waals surface area (Å²) in [4.78, 5) is 11.0. The van der Waals surface area contributed by atoms with Gasteiger partial charge in [-0.1, -0.05) is 19.4 Å². The molecule has 4 heteroatoms. The van der Waals surface area contributed by atoms with Gasteiger partial charge in [0, 0.05) is 0 Å². The van der Waals surface area contributed by atoms with Crippen LogP contribution in [-0.2, 0) is 4.79 Å². The van der Waals surface area contributed by atoms with Gasteiger partial charge in [-0.25, -0.2) is 0 Å². The number of nitrogens with one attached hydrogen (secondary N) is 1. The van der Waals surface area contributed by atoms with Crippen LogP contribution in [0.25, 0.3) is 0 Å². The lowest BCUT2D eigenvalue weighted by Crippen LogP contribution is -2.37. The molecule has 20 heavy (non-hydrogen) atoms. The smallest absolute Gasteiger partial charge is 0.320 e. The Kier molecular flexibility index (Phi) is 7.09. The van der Waals surface area contributed by atoms with Crippen LogP contribution in [0.3, 0.4) is 0 Å². The highest BCUT2D eigenvalue weighted by Crippen LogP contribution is 2.16. The van der Waals surface area contributed by atoms with Crippen LogP contribution < -0.4 is 10.1 Å². The van der Waals surface area contributed by atoms with Gasteiger partial charge >= 0.3 is 5.97 Å². The fourth-order valence-electron chi connectivity index (χ4n) is 2.16. The van der Waals surface area contributed by atoms with Crippen molar-refractivity contribution < 1.29 is 14.6 Å². The van der Waals surface area contributed by atoms with E-state index in [1.165, 1.54) is 11.1 Å². The van der Waals surface area contributed by atoms with Crippen LogP contribution in [0.1, 0.15) is 37.3 Å². The molecular weight excluding hydrogens is 254 g/mol. The summed E-state index contributed by atoms with van der Waals surface area (Å²) in [5.74, 6) is 0.105. The molecule has 112 valence electrons. The molecule has 4 nitrogen and oxygen atoms in total. The van der Waals surface area contributed by atoms with Gasteiger partial charge in [-0.05, 0) is 56.5 Å². The topological polar surface area (TPSA) is 58.6 Å². The maximum atomic E-state index is 11.0. The highest BCUT2D eigenvalue weighted by Gasteiger charge is 2.14. The molecule has 0 saturated heterocycles. The van der Waals surface area contributed by atoms with E-state index in [9.17, 15) is 4.79 Å². The van der Waals surface area contributed by atoms with Crippen molar-refractivity contribution in [2.75, 3.05) is 13.2 Å². The van der Waals surface area contributed by atoms with E-state index in [-0.39, 0.29) is 0 Å². The third-order valence-corrected chi connectivity index (χ3v) is 3.05. The van der Waals surface area contributed by atoms with Crippen LogP contribution in [-0.4, -0.2) is 30.3 Å². The molecule has 1 aromatic carbocycles. The van der Waals surface area contributed by atoms with Gasteiger partial charge in [0.1, 0.15) is 11.8 Å². The van der Waals surface area contributed by atoms with Crippen LogP contribution in [0.5, 0.6) is 5.75 Å². The van der Waals surface area contributed by atoms with Crippen molar-refractivity contribution in [2.45, 2.75) is 46.1 Å². The van der Waals surface area contributed by atoms with Crippen molar-refractivity contribution >= 4 is 5.97 Å². The zero-order chi connectivity index (χ0) is 15.0. The average molecular weight is 279 g/mol. The molecule has 0 fully saturated rings. The summed E-state index contributed by atoms with van der Waals surface area (Å²) in [7, 11) is 0. The summed E-state index contributed by atoms with van der Waals surface area (Å²) in [5, 5.41) is 12.1.